The molecule has 2 aromatic rings. The molecule has 0 aliphatic carbocycles. The first-order valence-corrected chi connectivity index (χ1v) is 9.62. The van der Waals surface area contributed by atoms with Crippen molar-refractivity contribution in [3.8, 4) is 0 Å². The molecule has 2 atom stereocenters. The first-order valence-electron chi connectivity index (χ1n) is 8.87. The minimum absolute atomic E-state index is 0.0200. The van der Waals surface area contributed by atoms with E-state index in [1.54, 1.807) is 24.3 Å². The lowest BCUT2D eigenvalue weighted by Gasteiger charge is -2.35. The summed E-state index contributed by atoms with van der Waals surface area (Å²) >= 11 is 11.9. The zero-order valence-electron chi connectivity index (χ0n) is 15.2. The van der Waals surface area contributed by atoms with Gasteiger partial charge < -0.3 is 10.2 Å². The first-order chi connectivity index (χ1) is 12.8. The highest BCUT2D eigenvalue weighted by Crippen LogP contribution is 2.26. The summed E-state index contributed by atoms with van der Waals surface area (Å²) in [4.78, 5) is 31.5. The number of halogens is 2. The fourth-order valence-electron chi connectivity index (χ4n) is 3.54. The van der Waals surface area contributed by atoms with Crippen LogP contribution >= 0.6 is 23.2 Å². The molecule has 5 nitrogen and oxygen atoms in total. The summed E-state index contributed by atoms with van der Waals surface area (Å²) < 4.78 is 0. The van der Waals surface area contributed by atoms with E-state index in [9.17, 15) is 9.59 Å². The van der Waals surface area contributed by atoms with E-state index in [4.69, 9.17) is 23.2 Å². The minimum atomic E-state index is -0.511. The van der Waals surface area contributed by atoms with Gasteiger partial charge in [-0.05, 0) is 42.5 Å². The number of pyridine rings is 1. The van der Waals surface area contributed by atoms with Crippen molar-refractivity contribution in [2.75, 3.05) is 18.4 Å². The Morgan fingerprint density at radius 2 is 1.74 bits per heavy atom. The number of piperidine rings is 1. The van der Waals surface area contributed by atoms with Crippen LogP contribution in [-0.2, 0) is 0 Å². The number of para-hydroxylation sites is 1. The van der Waals surface area contributed by atoms with Crippen molar-refractivity contribution in [1.82, 2.24) is 9.88 Å². The van der Waals surface area contributed by atoms with Crippen molar-refractivity contribution in [3.63, 3.8) is 0 Å². The van der Waals surface area contributed by atoms with E-state index in [0.29, 0.717) is 36.2 Å². The van der Waals surface area contributed by atoms with Crippen LogP contribution in [0, 0.1) is 11.8 Å². The molecule has 0 spiro atoms. The number of carbonyl (C=O) groups is 2. The van der Waals surface area contributed by atoms with Gasteiger partial charge in [-0.15, -0.1) is 0 Å². The van der Waals surface area contributed by atoms with Crippen LogP contribution in [-0.4, -0.2) is 34.8 Å². The SMILES string of the molecule is CC1CC(C)CN(C(=O)c2ccccc2NC(=O)c2nc(Cl)ccc2Cl)C1. The molecule has 27 heavy (non-hydrogen) atoms. The maximum absolute atomic E-state index is 13.1. The molecule has 1 aromatic heterocycles. The Hall–Kier alpha value is -2.11. The third kappa shape index (κ3) is 4.60. The normalized spacial score (nSPS) is 19.6. The number of hydrogen-bond acceptors (Lipinski definition) is 3. The number of likely N-dealkylation sites (tertiary alicyclic amines) is 1. The topological polar surface area (TPSA) is 62.3 Å². The number of rotatable bonds is 3. The fraction of sp³-hybridized carbons (Fsp3) is 0.350. The number of hydrogen-bond donors (Lipinski definition) is 1. The van der Waals surface area contributed by atoms with Gasteiger partial charge >= 0.3 is 0 Å². The molecule has 3 rings (SSSR count). The van der Waals surface area contributed by atoms with E-state index in [-0.39, 0.29) is 21.8 Å². The summed E-state index contributed by atoms with van der Waals surface area (Å²) in [5.41, 5.74) is 0.896. The lowest BCUT2D eigenvalue weighted by molar-refractivity contribution is 0.0624. The summed E-state index contributed by atoms with van der Waals surface area (Å²) in [7, 11) is 0. The van der Waals surface area contributed by atoms with Crippen molar-refractivity contribution < 1.29 is 9.59 Å². The van der Waals surface area contributed by atoms with Crippen LogP contribution < -0.4 is 5.32 Å². The van der Waals surface area contributed by atoms with Crippen LogP contribution in [0.2, 0.25) is 10.2 Å². The Labute approximate surface area is 168 Å². The lowest BCUT2D eigenvalue weighted by atomic mass is 9.91. The maximum atomic E-state index is 13.1. The number of anilines is 1. The Balaban J connectivity index is 1.84. The monoisotopic (exact) mass is 405 g/mol. The van der Waals surface area contributed by atoms with Crippen LogP contribution in [0.15, 0.2) is 36.4 Å². The molecule has 1 aliphatic heterocycles. The predicted molar refractivity (Wildman–Crippen MR) is 108 cm³/mol. The molecule has 2 amide bonds. The summed E-state index contributed by atoms with van der Waals surface area (Å²) in [6.45, 7) is 5.73. The molecule has 2 heterocycles. The highest BCUT2D eigenvalue weighted by Gasteiger charge is 2.27. The molecule has 0 saturated carbocycles. The van der Waals surface area contributed by atoms with Crippen molar-refractivity contribution in [3.05, 3.63) is 57.8 Å². The quantitative estimate of drug-likeness (QED) is 0.748. The lowest BCUT2D eigenvalue weighted by Crippen LogP contribution is -2.42. The van der Waals surface area contributed by atoms with E-state index in [0.717, 1.165) is 6.42 Å². The van der Waals surface area contributed by atoms with Gasteiger partial charge in [0.15, 0.2) is 0 Å². The number of benzene rings is 1. The summed E-state index contributed by atoms with van der Waals surface area (Å²) in [6, 6.07) is 9.98. The Kier molecular flexibility index (Phi) is 6.02. The van der Waals surface area contributed by atoms with Gasteiger partial charge in [-0.25, -0.2) is 4.98 Å². The zero-order valence-corrected chi connectivity index (χ0v) is 16.7. The second kappa shape index (κ2) is 8.28. The van der Waals surface area contributed by atoms with E-state index in [1.165, 1.54) is 12.1 Å². The van der Waals surface area contributed by atoms with E-state index < -0.39 is 5.91 Å². The first kappa shape index (κ1) is 19.6. The fourth-order valence-corrected chi connectivity index (χ4v) is 3.88. The molecular formula is C20H21Cl2N3O2. The molecule has 1 aromatic carbocycles. The van der Waals surface area contributed by atoms with E-state index in [1.807, 2.05) is 4.90 Å². The third-order valence-corrected chi connectivity index (χ3v) is 5.10. The number of aromatic nitrogens is 1. The minimum Gasteiger partial charge on any atom is -0.338 e. The van der Waals surface area contributed by atoms with Gasteiger partial charge in [-0.2, -0.15) is 0 Å². The van der Waals surface area contributed by atoms with Crippen LogP contribution in [0.1, 0.15) is 41.1 Å². The average Bonchev–Trinajstić information content (AvgIpc) is 2.62. The second-order valence-electron chi connectivity index (χ2n) is 7.12. The maximum Gasteiger partial charge on any atom is 0.275 e. The van der Waals surface area contributed by atoms with Gasteiger partial charge in [0.1, 0.15) is 10.8 Å². The summed E-state index contributed by atoms with van der Waals surface area (Å²) in [5, 5.41) is 3.11. The highest BCUT2D eigenvalue weighted by molar-refractivity contribution is 6.35. The molecule has 1 aliphatic rings. The van der Waals surface area contributed by atoms with Gasteiger partial charge in [-0.1, -0.05) is 49.2 Å². The van der Waals surface area contributed by atoms with Crippen LogP contribution in [0.3, 0.4) is 0 Å². The standard InChI is InChI=1S/C20H21Cl2N3O2/c1-12-9-13(2)11-25(10-12)20(27)14-5-3-4-6-16(14)23-19(26)18-15(21)7-8-17(22)24-18/h3-8,12-13H,9-11H2,1-2H3,(H,23,26). The molecule has 1 fully saturated rings. The molecule has 1 saturated heterocycles. The molecule has 1 N–H and O–H groups in total. The van der Waals surface area contributed by atoms with Crippen LogP contribution in [0.25, 0.3) is 0 Å². The van der Waals surface area contributed by atoms with Gasteiger partial charge in [0, 0.05) is 13.1 Å². The number of nitrogens with zero attached hydrogens (tertiary/aromatic N) is 2. The number of nitrogens with one attached hydrogen (secondary N) is 1. The zero-order chi connectivity index (χ0) is 19.6. The van der Waals surface area contributed by atoms with Crippen LogP contribution in [0.5, 0.6) is 0 Å². The van der Waals surface area contributed by atoms with Gasteiger partial charge in [0.25, 0.3) is 11.8 Å². The Morgan fingerprint density at radius 3 is 2.44 bits per heavy atom. The van der Waals surface area contributed by atoms with Crippen molar-refractivity contribution >= 4 is 40.7 Å². The predicted octanol–water partition coefficient (Wildman–Crippen LogP) is 4.76. The summed E-state index contributed by atoms with van der Waals surface area (Å²) in [5.74, 6) is 0.306. The second-order valence-corrected chi connectivity index (χ2v) is 7.91. The molecule has 142 valence electrons. The molecule has 0 radical (unpaired) electrons. The Bertz CT molecular complexity index is 862. The van der Waals surface area contributed by atoms with Gasteiger partial charge in [0.05, 0.1) is 16.3 Å². The van der Waals surface area contributed by atoms with Crippen molar-refractivity contribution in [1.29, 1.82) is 0 Å². The number of carbonyl (C=O) groups excluding carboxylic acids is 2. The van der Waals surface area contributed by atoms with Gasteiger partial charge in [-0.3, -0.25) is 9.59 Å². The average molecular weight is 406 g/mol. The van der Waals surface area contributed by atoms with E-state index >= 15 is 0 Å². The van der Waals surface area contributed by atoms with Gasteiger partial charge in [0.2, 0.25) is 0 Å². The highest BCUT2D eigenvalue weighted by atomic mass is 35.5. The summed E-state index contributed by atoms with van der Waals surface area (Å²) in [6.07, 6.45) is 1.11. The largest absolute Gasteiger partial charge is 0.338 e. The molecule has 2 unspecified atom stereocenters. The van der Waals surface area contributed by atoms with Crippen molar-refractivity contribution in [2.24, 2.45) is 11.8 Å². The number of amides is 2. The smallest absolute Gasteiger partial charge is 0.275 e. The van der Waals surface area contributed by atoms with E-state index in [2.05, 4.69) is 24.1 Å². The molecule has 0 bridgehead atoms. The third-order valence-electron chi connectivity index (χ3n) is 4.59. The molecule has 7 heteroatoms. The van der Waals surface area contributed by atoms with Crippen molar-refractivity contribution in [2.45, 2.75) is 20.3 Å². The Morgan fingerprint density at radius 1 is 1.07 bits per heavy atom. The molecular weight excluding hydrogens is 385 g/mol. The van der Waals surface area contributed by atoms with Crippen LogP contribution in [0.4, 0.5) is 5.69 Å².